The van der Waals surface area contributed by atoms with Gasteiger partial charge in [-0.05, 0) is 58.7 Å². The number of furan rings is 1. The lowest BCUT2D eigenvalue weighted by Gasteiger charge is -2.28. The van der Waals surface area contributed by atoms with Gasteiger partial charge in [-0.15, -0.1) is 0 Å². The molecular formula is C57H38N4O. The summed E-state index contributed by atoms with van der Waals surface area (Å²) in [5.41, 5.74) is 14.0. The van der Waals surface area contributed by atoms with E-state index in [2.05, 4.69) is 169 Å². The molecule has 11 rings (SSSR count). The number of nitrogens with zero attached hydrogens (tertiary/aromatic N) is 4. The molecule has 2 aromatic heterocycles. The number of para-hydroxylation sites is 3. The minimum absolute atomic E-state index is 0.553. The van der Waals surface area contributed by atoms with Gasteiger partial charge in [0.05, 0.1) is 11.3 Å². The summed E-state index contributed by atoms with van der Waals surface area (Å²) in [4.78, 5) is 17.4. The molecule has 0 radical (unpaired) electrons. The molecule has 5 nitrogen and oxygen atoms in total. The van der Waals surface area contributed by atoms with Gasteiger partial charge in [-0.1, -0.05) is 194 Å². The predicted octanol–water partition coefficient (Wildman–Crippen LogP) is 15.2. The van der Waals surface area contributed by atoms with E-state index in [1.807, 2.05) is 66.7 Å². The summed E-state index contributed by atoms with van der Waals surface area (Å²) in [6, 6.07) is 80.0. The highest BCUT2D eigenvalue weighted by atomic mass is 16.3. The van der Waals surface area contributed by atoms with Crippen LogP contribution >= 0.6 is 0 Å². The molecule has 2 heterocycles. The fourth-order valence-corrected chi connectivity index (χ4v) is 8.36. The molecule has 0 spiro atoms. The van der Waals surface area contributed by atoms with Crippen LogP contribution in [0.5, 0.6) is 0 Å². The van der Waals surface area contributed by atoms with E-state index in [1.54, 1.807) is 0 Å². The summed E-state index contributed by atoms with van der Waals surface area (Å²) in [6.07, 6.45) is 0. The molecule has 0 aliphatic carbocycles. The summed E-state index contributed by atoms with van der Waals surface area (Å²) >= 11 is 0. The number of rotatable bonds is 9. The third-order valence-electron chi connectivity index (χ3n) is 11.3. The van der Waals surface area contributed by atoms with Gasteiger partial charge in [-0.2, -0.15) is 0 Å². The fraction of sp³-hybridized carbons (Fsp3) is 0. The van der Waals surface area contributed by atoms with Crippen molar-refractivity contribution in [3.63, 3.8) is 0 Å². The Balaban J connectivity index is 1.06. The van der Waals surface area contributed by atoms with Gasteiger partial charge >= 0.3 is 0 Å². The lowest BCUT2D eigenvalue weighted by atomic mass is 9.99. The molecule has 0 amide bonds. The van der Waals surface area contributed by atoms with E-state index < -0.39 is 0 Å². The van der Waals surface area contributed by atoms with Crippen molar-refractivity contribution in [2.45, 2.75) is 0 Å². The molecule has 62 heavy (non-hydrogen) atoms. The van der Waals surface area contributed by atoms with Crippen LogP contribution in [0, 0.1) is 0 Å². The molecule has 0 fully saturated rings. The predicted molar refractivity (Wildman–Crippen MR) is 254 cm³/mol. The summed E-state index contributed by atoms with van der Waals surface area (Å²) in [5, 5.41) is 2.02. The fourth-order valence-electron chi connectivity index (χ4n) is 8.36. The molecule has 0 aliphatic heterocycles. The molecule has 0 saturated carbocycles. The monoisotopic (exact) mass is 794 g/mol. The van der Waals surface area contributed by atoms with Crippen molar-refractivity contribution in [1.82, 2.24) is 15.0 Å². The third-order valence-corrected chi connectivity index (χ3v) is 11.3. The molecule has 5 heteroatoms. The first-order chi connectivity index (χ1) is 30.7. The SMILES string of the molecule is c1ccc(-c2ccc(N(c3cccc(-c4cccc5c4oc4c(-c6nc(-c7ccccc7)nc(-c7ccccc7)n6)cccc45)c3)c3ccccc3-c3ccccc3)cc2)cc1. The van der Waals surface area contributed by atoms with Crippen molar-refractivity contribution < 1.29 is 4.42 Å². The Morgan fingerprint density at radius 2 is 0.742 bits per heavy atom. The molecule has 0 atom stereocenters. The maximum atomic E-state index is 7.00. The van der Waals surface area contributed by atoms with Crippen molar-refractivity contribution >= 4 is 39.0 Å². The molecule has 0 aliphatic rings. The minimum Gasteiger partial charge on any atom is -0.455 e. The van der Waals surface area contributed by atoms with E-state index in [4.69, 9.17) is 19.4 Å². The summed E-state index contributed by atoms with van der Waals surface area (Å²) in [5.74, 6) is 1.76. The first-order valence-corrected chi connectivity index (χ1v) is 20.8. The first kappa shape index (κ1) is 36.7. The summed E-state index contributed by atoms with van der Waals surface area (Å²) < 4.78 is 7.00. The van der Waals surface area contributed by atoms with Gasteiger partial charge in [0.15, 0.2) is 17.5 Å². The number of hydrogen-bond donors (Lipinski definition) is 0. The molecule has 0 saturated heterocycles. The second-order valence-electron chi connectivity index (χ2n) is 15.2. The third kappa shape index (κ3) is 6.87. The topological polar surface area (TPSA) is 55.1 Å². The molecule has 11 aromatic rings. The second kappa shape index (κ2) is 16.0. The van der Waals surface area contributed by atoms with Crippen LogP contribution in [0.4, 0.5) is 17.1 Å². The quantitative estimate of drug-likeness (QED) is 0.146. The average Bonchev–Trinajstić information content (AvgIpc) is 3.75. The zero-order chi connectivity index (χ0) is 41.2. The van der Waals surface area contributed by atoms with E-state index >= 15 is 0 Å². The van der Waals surface area contributed by atoms with Gasteiger partial charge in [0.1, 0.15) is 11.2 Å². The van der Waals surface area contributed by atoms with Crippen LogP contribution in [0.3, 0.4) is 0 Å². The van der Waals surface area contributed by atoms with Gasteiger partial charge in [-0.3, -0.25) is 0 Å². The Morgan fingerprint density at radius 3 is 1.37 bits per heavy atom. The Labute approximate surface area is 359 Å². The van der Waals surface area contributed by atoms with Crippen molar-refractivity contribution in [3.05, 3.63) is 231 Å². The number of anilines is 3. The zero-order valence-corrected chi connectivity index (χ0v) is 33.6. The van der Waals surface area contributed by atoms with Gasteiger partial charge in [0.25, 0.3) is 0 Å². The molecule has 0 unspecified atom stereocenters. The maximum absolute atomic E-state index is 7.00. The van der Waals surface area contributed by atoms with Crippen molar-refractivity contribution in [2.75, 3.05) is 4.90 Å². The average molecular weight is 795 g/mol. The van der Waals surface area contributed by atoms with Gasteiger partial charge in [-0.25, -0.2) is 15.0 Å². The summed E-state index contributed by atoms with van der Waals surface area (Å²) in [6.45, 7) is 0. The largest absolute Gasteiger partial charge is 0.455 e. The highest BCUT2D eigenvalue weighted by molar-refractivity contribution is 6.13. The Kier molecular flexibility index (Phi) is 9.45. The van der Waals surface area contributed by atoms with Crippen LogP contribution in [-0.4, -0.2) is 15.0 Å². The highest BCUT2D eigenvalue weighted by Crippen LogP contribution is 2.44. The molecule has 292 valence electrons. The molecule has 9 aromatic carbocycles. The van der Waals surface area contributed by atoms with Crippen LogP contribution in [0.2, 0.25) is 0 Å². The smallest absolute Gasteiger partial charge is 0.167 e. The maximum Gasteiger partial charge on any atom is 0.167 e. The molecule has 0 N–H and O–H groups in total. The Morgan fingerprint density at radius 1 is 0.290 bits per heavy atom. The van der Waals surface area contributed by atoms with E-state index in [1.165, 1.54) is 11.1 Å². The second-order valence-corrected chi connectivity index (χ2v) is 15.2. The van der Waals surface area contributed by atoms with E-state index in [9.17, 15) is 0 Å². The summed E-state index contributed by atoms with van der Waals surface area (Å²) in [7, 11) is 0. The van der Waals surface area contributed by atoms with Crippen molar-refractivity contribution in [3.8, 4) is 67.5 Å². The van der Waals surface area contributed by atoms with Crippen LogP contribution in [-0.2, 0) is 0 Å². The van der Waals surface area contributed by atoms with Crippen LogP contribution in [0.25, 0.3) is 89.5 Å². The van der Waals surface area contributed by atoms with E-state index in [-0.39, 0.29) is 0 Å². The van der Waals surface area contributed by atoms with Gasteiger partial charge in [0.2, 0.25) is 0 Å². The lowest BCUT2D eigenvalue weighted by molar-refractivity contribution is 0.670. The van der Waals surface area contributed by atoms with Crippen molar-refractivity contribution in [1.29, 1.82) is 0 Å². The number of hydrogen-bond acceptors (Lipinski definition) is 5. The standard InChI is InChI=1S/C57H38N4O/c1-5-18-39(19-6-1)40-34-36-45(37-35-40)61(52-33-14-13-28-47(52)41-20-7-2-8-21-41)46-27-15-26-44(38-46)48-29-16-30-49-50-31-17-32-51(54(50)62-53(48)49)57-59-55(42-22-9-3-10-23-42)58-56(60-57)43-24-11-4-12-25-43/h1-38H. The Hall–Kier alpha value is -8.41. The van der Waals surface area contributed by atoms with E-state index in [0.29, 0.717) is 17.5 Å². The van der Waals surface area contributed by atoms with E-state index in [0.717, 1.165) is 77.9 Å². The lowest BCUT2D eigenvalue weighted by Crippen LogP contribution is -2.11. The van der Waals surface area contributed by atoms with Gasteiger partial charge in [0, 0.05) is 44.4 Å². The molecule has 0 bridgehead atoms. The number of fused-ring (bicyclic) bond motifs is 3. The zero-order valence-electron chi connectivity index (χ0n) is 33.6. The first-order valence-electron chi connectivity index (χ1n) is 20.8. The molecular weight excluding hydrogens is 757 g/mol. The van der Waals surface area contributed by atoms with Crippen LogP contribution in [0.1, 0.15) is 0 Å². The van der Waals surface area contributed by atoms with Crippen LogP contribution in [0.15, 0.2) is 235 Å². The Bertz CT molecular complexity index is 3270. The number of benzene rings is 9. The minimum atomic E-state index is 0.553. The number of aromatic nitrogens is 3. The van der Waals surface area contributed by atoms with Gasteiger partial charge < -0.3 is 9.32 Å². The normalized spacial score (nSPS) is 11.2. The van der Waals surface area contributed by atoms with Crippen LogP contribution < -0.4 is 4.90 Å². The van der Waals surface area contributed by atoms with Crippen molar-refractivity contribution in [2.24, 2.45) is 0 Å². The highest BCUT2D eigenvalue weighted by Gasteiger charge is 2.21.